The van der Waals surface area contributed by atoms with Gasteiger partial charge in [0.25, 0.3) is 5.91 Å². The SMILES string of the molecule is C=CCN(C(=O)[C@H]1[C@H]2C(=O)N([C@H](C)CO)C(C(=O)N(CC=C)c3cc(C)ccc3C)C23CC(Br)[C@@H]1S3)c1ccccc1. The first-order valence-electron chi connectivity index (χ1n) is 14.3. The van der Waals surface area contributed by atoms with Gasteiger partial charge >= 0.3 is 0 Å². The van der Waals surface area contributed by atoms with E-state index in [0.717, 1.165) is 22.5 Å². The van der Waals surface area contributed by atoms with Crippen LogP contribution < -0.4 is 9.80 Å². The molecular weight excluding hydrogens is 614 g/mol. The number of hydrogen-bond acceptors (Lipinski definition) is 5. The average molecular weight is 653 g/mol. The molecule has 3 amide bonds. The molecule has 2 aromatic carbocycles. The highest BCUT2D eigenvalue weighted by Crippen LogP contribution is 2.68. The summed E-state index contributed by atoms with van der Waals surface area (Å²) in [5, 5.41) is 10.1. The van der Waals surface area contributed by atoms with E-state index in [1.807, 2.05) is 62.4 Å². The summed E-state index contributed by atoms with van der Waals surface area (Å²) in [6, 6.07) is 13.9. The molecule has 42 heavy (non-hydrogen) atoms. The van der Waals surface area contributed by atoms with Gasteiger partial charge in [-0.05, 0) is 56.5 Å². The summed E-state index contributed by atoms with van der Waals surface area (Å²) in [6.45, 7) is 13.8. The van der Waals surface area contributed by atoms with E-state index in [1.165, 1.54) is 0 Å². The number of amides is 3. The maximum atomic E-state index is 14.8. The molecule has 3 aliphatic heterocycles. The van der Waals surface area contributed by atoms with Crippen LogP contribution in [0.5, 0.6) is 0 Å². The van der Waals surface area contributed by atoms with E-state index in [4.69, 9.17) is 0 Å². The molecule has 0 radical (unpaired) electrons. The molecule has 3 heterocycles. The molecule has 1 spiro atoms. The third-order valence-electron chi connectivity index (χ3n) is 8.86. The van der Waals surface area contributed by atoms with Crippen LogP contribution in [0, 0.1) is 25.7 Å². The highest BCUT2D eigenvalue weighted by atomic mass is 79.9. The minimum Gasteiger partial charge on any atom is -0.394 e. The maximum absolute atomic E-state index is 14.8. The Labute approximate surface area is 260 Å². The fourth-order valence-corrected chi connectivity index (χ4v) is 10.6. The number of thioether (sulfide) groups is 1. The molecule has 3 unspecified atom stereocenters. The number of carbonyl (C=O) groups is 3. The summed E-state index contributed by atoms with van der Waals surface area (Å²) in [6.07, 6.45) is 3.94. The summed E-state index contributed by atoms with van der Waals surface area (Å²) in [4.78, 5) is 48.6. The molecule has 0 aromatic heterocycles. The fourth-order valence-electron chi connectivity index (χ4n) is 7.02. The molecule has 2 bridgehead atoms. The second-order valence-electron chi connectivity index (χ2n) is 11.5. The van der Waals surface area contributed by atoms with Crippen LogP contribution in [-0.4, -0.2) is 74.3 Å². The zero-order valence-corrected chi connectivity index (χ0v) is 26.7. The van der Waals surface area contributed by atoms with Gasteiger partial charge in [-0.1, -0.05) is 58.4 Å². The van der Waals surface area contributed by atoms with Crippen LogP contribution in [0.15, 0.2) is 73.8 Å². The van der Waals surface area contributed by atoms with Gasteiger partial charge in [0.05, 0.1) is 29.2 Å². The number of hydrogen-bond donors (Lipinski definition) is 1. The van der Waals surface area contributed by atoms with Crippen molar-refractivity contribution in [3.63, 3.8) is 0 Å². The smallest absolute Gasteiger partial charge is 0.251 e. The molecule has 3 saturated heterocycles. The van der Waals surface area contributed by atoms with Crippen LogP contribution in [0.3, 0.4) is 0 Å². The minimum absolute atomic E-state index is 0.0601. The molecule has 222 valence electrons. The Morgan fingerprint density at radius 1 is 1.12 bits per heavy atom. The number of halogens is 1. The summed E-state index contributed by atoms with van der Waals surface area (Å²) >= 11 is 5.45. The molecule has 3 aliphatic rings. The van der Waals surface area contributed by atoms with Crippen molar-refractivity contribution >= 4 is 56.8 Å². The van der Waals surface area contributed by atoms with Crippen LogP contribution in [-0.2, 0) is 14.4 Å². The quantitative estimate of drug-likeness (QED) is 0.292. The van der Waals surface area contributed by atoms with Crippen LogP contribution in [0.2, 0.25) is 0 Å². The number of aryl methyl sites for hydroxylation is 2. The number of carbonyl (C=O) groups excluding carboxylic acids is 3. The molecule has 3 fully saturated rings. The van der Waals surface area contributed by atoms with Crippen LogP contribution in [0.4, 0.5) is 11.4 Å². The van der Waals surface area contributed by atoms with Crippen molar-refractivity contribution in [2.45, 2.75) is 54.1 Å². The van der Waals surface area contributed by atoms with Gasteiger partial charge in [-0.2, -0.15) is 0 Å². The zero-order valence-electron chi connectivity index (χ0n) is 24.3. The second-order valence-corrected chi connectivity index (χ2v) is 14.3. The molecule has 1 N–H and O–H groups in total. The lowest BCUT2D eigenvalue weighted by atomic mass is 9.70. The predicted molar refractivity (Wildman–Crippen MR) is 173 cm³/mol. The molecule has 0 aliphatic carbocycles. The standard InChI is InChI=1S/C33H38BrN3O4S/c1-6-15-35(23-11-9-8-10-12-23)30(39)26-27-31(40)37(22(5)19-38)29(33(27)18-24(34)28(26)42-33)32(41)36(16-7-2)25-17-20(3)13-14-21(25)4/h6-14,17,22,24,26-29,38H,1-2,15-16,18-19H2,3-5H3/t22-,24?,26+,27+,28+,29?,33?/m1/s1. The third-order valence-corrected chi connectivity index (χ3v) is 12.1. The molecule has 7 atom stereocenters. The Hall–Kier alpha value is -2.88. The third kappa shape index (κ3) is 4.83. The van der Waals surface area contributed by atoms with Crippen LogP contribution in [0.1, 0.15) is 24.5 Å². The first-order valence-corrected chi connectivity index (χ1v) is 16.1. The maximum Gasteiger partial charge on any atom is 0.251 e. The Morgan fingerprint density at radius 2 is 1.79 bits per heavy atom. The summed E-state index contributed by atoms with van der Waals surface area (Å²) in [5.74, 6) is -1.94. The van der Waals surface area contributed by atoms with Crippen LogP contribution in [0.25, 0.3) is 0 Å². The first-order chi connectivity index (χ1) is 20.1. The van der Waals surface area contributed by atoms with E-state index in [-0.39, 0.29) is 41.0 Å². The highest BCUT2D eigenvalue weighted by molar-refractivity contribution is 9.09. The number of rotatable bonds is 10. The van der Waals surface area contributed by atoms with E-state index in [0.29, 0.717) is 13.0 Å². The number of likely N-dealkylation sites (tertiary alicyclic amines) is 1. The number of benzene rings is 2. The van der Waals surface area contributed by atoms with Gasteiger partial charge < -0.3 is 19.8 Å². The van der Waals surface area contributed by atoms with E-state index in [9.17, 15) is 19.5 Å². The normalized spacial score (nSPS) is 28.4. The highest BCUT2D eigenvalue weighted by Gasteiger charge is 2.76. The Balaban J connectivity index is 1.62. The molecule has 7 nitrogen and oxygen atoms in total. The van der Waals surface area contributed by atoms with Gasteiger partial charge in [0, 0.05) is 34.5 Å². The van der Waals surface area contributed by atoms with Crippen LogP contribution >= 0.6 is 27.7 Å². The van der Waals surface area contributed by atoms with Crippen molar-refractivity contribution in [3.05, 3.63) is 85.0 Å². The number of para-hydroxylation sites is 1. The van der Waals surface area contributed by atoms with E-state index < -0.39 is 28.7 Å². The lowest BCUT2D eigenvalue weighted by Gasteiger charge is -2.39. The number of anilines is 2. The number of nitrogens with zero attached hydrogens (tertiary/aromatic N) is 3. The molecule has 0 saturated carbocycles. The first kappa shape index (κ1) is 30.6. The zero-order chi connectivity index (χ0) is 30.3. The van der Waals surface area contributed by atoms with Crippen molar-refractivity contribution in [3.8, 4) is 0 Å². The molecular formula is C33H38BrN3O4S. The Bertz CT molecular complexity index is 1400. The average Bonchev–Trinajstić information content (AvgIpc) is 3.58. The molecule has 2 aromatic rings. The fraction of sp³-hybridized carbons (Fsp3) is 0.424. The topological polar surface area (TPSA) is 81.2 Å². The summed E-state index contributed by atoms with van der Waals surface area (Å²) in [7, 11) is 0. The predicted octanol–water partition coefficient (Wildman–Crippen LogP) is 4.89. The number of aliphatic hydroxyl groups excluding tert-OH is 1. The number of aliphatic hydroxyl groups is 1. The molecule has 9 heteroatoms. The second kappa shape index (κ2) is 12.0. The van der Waals surface area contributed by atoms with Gasteiger partial charge in [-0.25, -0.2) is 0 Å². The van der Waals surface area contributed by atoms with Crippen molar-refractivity contribution in [2.24, 2.45) is 11.8 Å². The summed E-state index contributed by atoms with van der Waals surface area (Å²) < 4.78 is -0.829. The van der Waals surface area contributed by atoms with E-state index >= 15 is 0 Å². The van der Waals surface area contributed by atoms with E-state index in [1.54, 1.807) is 45.5 Å². The molecule has 5 rings (SSSR count). The van der Waals surface area contributed by atoms with Gasteiger partial charge in [0.1, 0.15) is 6.04 Å². The van der Waals surface area contributed by atoms with Gasteiger partial charge in [-0.3, -0.25) is 14.4 Å². The number of fused-ring (bicyclic) bond motifs is 1. The van der Waals surface area contributed by atoms with Gasteiger partial charge in [-0.15, -0.1) is 24.9 Å². The lowest BCUT2D eigenvalue weighted by Crippen LogP contribution is -2.57. The largest absolute Gasteiger partial charge is 0.394 e. The van der Waals surface area contributed by atoms with Crippen molar-refractivity contribution < 1.29 is 19.5 Å². The monoisotopic (exact) mass is 651 g/mol. The Kier molecular flexibility index (Phi) is 8.75. The lowest BCUT2D eigenvalue weighted by molar-refractivity contribution is -0.141. The Morgan fingerprint density at radius 3 is 2.43 bits per heavy atom. The van der Waals surface area contributed by atoms with Gasteiger partial charge in [0.2, 0.25) is 11.8 Å². The minimum atomic E-state index is -0.852. The van der Waals surface area contributed by atoms with Crippen molar-refractivity contribution in [1.82, 2.24) is 4.90 Å². The van der Waals surface area contributed by atoms with Gasteiger partial charge in [0.15, 0.2) is 0 Å². The number of alkyl halides is 1. The van der Waals surface area contributed by atoms with E-state index in [2.05, 4.69) is 29.1 Å². The van der Waals surface area contributed by atoms with Crippen molar-refractivity contribution in [1.29, 1.82) is 0 Å². The summed E-state index contributed by atoms with van der Waals surface area (Å²) in [5.41, 5.74) is 3.46. The van der Waals surface area contributed by atoms with Crippen molar-refractivity contribution in [2.75, 3.05) is 29.5 Å².